The summed E-state index contributed by atoms with van der Waals surface area (Å²) in [7, 11) is 0. The first-order valence-corrected chi connectivity index (χ1v) is 6.22. The molecule has 7 nitrogen and oxygen atoms in total. The third kappa shape index (κ3) is 4.37. The summed E-state index contributed by atoms with van der Waals surface area (Å²) in [5.41, 5.74) is 0. The van der Waals surface area contributed by atoms with Crippen LogP contribution in [-0.2, 0) is 15.6 Å². The van der Waals surface area contributed by atoms with Gasteiger partial charge in [0.1, 0.15) is 0 Å². The van der Waals surface area contributed by atoms with Gasteiger partial charge in [-0.3, -0.25) is 0 Å². The van der Waals surface area contributed by atoms with Gasteiger partial charge in [-0.1, -0.05) is 0 Å². The fraction of sp³-hybridized carbons (Fsp3) is 0. The molecule has 10 heavy (non-hydrogen) atoms. The summed E-state index contributed by atoms with van der Waals surface area (Å²) < 4.78 is 28.9. The maximum absolute atomic E-state index is 9.87. The Kier molecular flexibility index (Phi) is 2.89. The normalized spacial score (nSPS) is 10.6. The van der Waals surface area contributed by atoms with E-state index in [1.165, 1.54) is 0 Å². The Morgan fingerprint density at radius 1 is 1.30 bits per heavy atom. The molecule has 0 aliphatic carbocycles. The molecular weight excluding hydrogens is 258 g/mol. The van der Waals surface area contributed by atoms with Crippen molar-refractivity contribution in [2.75, 3.05) is 0 Å². The van der Waals surface area contributed by atoms with E-state index in [2.05, 4.69) is 3.02 Å². The summed E-state index contributed by atoms with van der Waals surface area (Å²) in [5, 5.41) is 7.74. The van der Waals surface area contributed by atoms with Crippen LogP contribution in [0.25, 0.3) is 0 Å². The number of hydrogen-bond donors (Lipinski definition) is 3. The molecule has 0 saturated heterocycles. The van der Waals surface area contributed by atoms with Crippen LogP contribution in [0.15, 0.2) is 0 Å². The predicted molar refractivity (Wildman–Crippen MR) is 24.6 cm³/mol. The van der Waals surface area contributed by atoms with E-state index in [-0.39, 0.29) is 0 Å². The zero-order valence-corrected chi connectivity index (χ0v) is 6.97. The molecule has 0 saturated carbocycles. The molecule has 0 aromatic rings. The molecule has 0 aliphatic heterocycles. The summed E-state index contributed by atoms with van der Waals surface area (Å²) in [6.07, 6.45) is 0. The number of carboxylic acid groups (broad SMARTS) is 1. The maximum atomic E-state index is 9.87. The Morgan fingerprint density at radius 2 is 1.70 bits per heavy atom. The molecule has 0 aromatic carbocycles. The van der Waals surface area contributed by atoms with Crippen molar-refractivity contribution in [2.45, 2.75) is 0 Å². The molecular formula is C2H3O7Sb. The fourth-order valence-electron chi connectivity index (χ4n) is 0.147. The predicted octanol–water partition coefficient (Wildman–Crippen LogP) is -2.54. The Bertz CT molecular complexity index is 200. The summed E-state index contributed by atoms with van der Waals surface area (Å²) >= 11 is -5.83. The first-order valence-electron chi connectivity index (χ1n) is 1.85. The third-order valence-corrected chi connectivity index (χ3v) is 1.53. The van der Waals surface area contributed by atoms with Crippen molar-refractivity contribution in [1.29, 1.82) is 0 Å². The number of rotatable bonds is 1. The first-order chi connectivity index (χ1) is 4.33. The Labute approximate surface area is 59.9 Å². The Balaban J connectivity index is 4.07. The molecule has 0 bridgehead atoms. The summed E-state index contributed by atoms with van der Waals surface area (Å²) in [5.74, 6) is -3.97. The van der Waals surface area contributed by atoms with E-state index in [0.717, 1.165) is 0 Å². The van der Waals surface area contributed by atoms with Gasteiger partial charge in [0.15, 0.2) is 0 Å². The molecule has 0 heterocycles. The second-order valence-corrected chi connectivity index (χ2v) is 4.50. The van der Waals surface area contributed by atoms with E-state index < -0.39 is 32.0 Å². The van der Waals surface area contributed by atoms with Crippen LogP contribution in [-0.4, -0.2) is 43.9 Å². The van der Waals surface area contributed by atoms with Crippen molar-refractivity contribution in [3.8, 4) is 0 Å². The fourth-order valence-corrected chi connectivity index (χ4v) is 0.986. The van der Waals surface area contributed by atoms with Crippen LogP contribution in [0.2, 0.25) is 0 Å². The van der Waals surface area contributed by atoms with Crippen LogP contribution >= 0.6 is 0 Å². The summed E-state index contributed by atoms with van der Waals surface area (Å²) in [6.45, 7) is 0. The van der Waals surface area contributed by atoms with E-state index in [1.54, 1.807) is 0 Å². The van der Waals surface area contributed by atoms with Crippen LogP contribution in [0.4, 0.5) is 0 Å². The van der Waals surface area contributed by atoms with E-state index in [9.17, 15) is 12.6 Å². The molecule has 0 atom stereocenters. The SMILES string of the molecule is O=C(O)C(=O)[O][Sb](=[O])([OH])[OH]. The monoisotopic (exact) mass is 260 g/mol. The average Bonchev–Trinajstić information content (AvgIpc) is 1.60. The number of carboxylic acids is 1. The van der Waals surface area contributed by atoms with Crippen LogP contribution in [0, 0.1) is 0 Å². The average molecular weight is 261 g/mol. The quantitative estimate of drug-likeness (QED) is 0.351. The molecule has 0 unspecified atom stereocenters. The number of hydrogen-bond acceptors (Lipinski definition) is 4. The molecule has 0 amide bonds. The molecule has 0 aliphatic rings. The van der Waals surface area contributed by atoms with Gasteiger partial charge in [-0.25, -0.2) is 0 Å². The molecule has 0 spiro atoms. The van der Waals surface area contributed by atoms with Crippen molar-refractivity contribution >= 4 is 32.0 Å². The molecule has 0 fully saturated rings. The molecule has 0 radical (unpaired) electrons. The second-order valence-electron chi connectivity index (χ2n) is 1.17. The van der Waals surface area contributed by atoms with E-state index in [0.29, 0.717) is 0 Å². The van der Waals surface area contributed by atoms with Gasteiger partial charge in [0.25, 0.3) is 0 Å². The molecule has 0 aromatic heterocycles. The topological polar surface area (TPSA) is 121 Å². The van der Waals surface area contributed by atoms with Crippen LogP contribution in [0.1, 0.15) is 0 Å². The van der Waals surface area contributed by atoms with Gasteiger partial charge in [0.2, 0.25) is 0 Å². The van der Waals surface area contributed by atoms with Gasteiger partial charge in [-0.2, -0.15) is 0 Å². The molecule has 3 N–H and O–H groups in total. The van der Waals surface area contributed by atoms with Crippen LogP contribution < -0.4 is 0 Å². The number of carbonyl (C=O) groups excluding carboxylic acids is 1. The molecule has 0 rings (SSSR count). The van der Waals surface area contributed by atoms with Gasteiger partial charge in [0.05, 0.1) is 0 Å². The van der Waals surface area contributed by atoms with Gasteiger partial charge >= 0.3 is 59.5 Å². The first kappa shape index (κ1) is 9.48. The molecule has 8 heteroatoms. The van der Waals surface area contributed by atoms with Crippen molar-refractivity contribution in [3.63, 3.8) is 0 Å². The molecule has 58 valence electrons. The van der Waals surface area contributed by atoms with Crippen molar-refractivity contribution < 1.29 is 27.5 Å². The van der Waals surface area contributed by atoms with E-state index in [1.807, 2.05) is 0 Å². The Morgan fingerprint density at radius 3 is 1.80 bits per heavy atom. The summed E-state index contributed by atoms with van der Waals surface area (Å²) in [6, 6.07) is 0. The van der Waals surface area contributed by atoms with Gasteiger partial charge < -0.3 is 0 Å². The van der Waals surface area contributed by atoms with Crippen molar-refractivity contribution in [3.05, 3.63) is 0 Å². The van der Waals surface area contributed by atoms with Gasteiger partial charge in [0, 0.05) is 0 Å². The zero-order chi connectivity index (χ0) is 8.36. The standard InChI is InChI=1S/C2H2O4.2H2O.O.Sb/c3-1(4)2(5)6;;;;/h(H,3,4)(H,5,6);2*1H2;;/q;;;;+3/p-3. The van der Waals surface area contributed by atoms with Crippen molar-refractivity contribution in [1.82, 2.24) is 0 Å². The second kappa shape index (κ2) is 3.05. The van der Waals surface area contributed by atoms with E-state index >= 15 is 0 Å². The van der Waals surface area contributed by atoms with Crippen LogP contribution in [0.5, 0.6) is 0 Å². The third-order valence-electron chi connectivity index (χ3n) is 0.376. The Hall–Kier alpha value is -0.522. The van der Waals surface area contributed by atoms with Crippen LogP contribution in [0.3, 0.4) is 0 Å². The van der Waals surface area contributed by atoms with E-state index in [4.69, 9.17) is 11.9 Å². The summed E-state index contributed by atoms with van der Waals surface area (Å²) in [4.78, 5) is 19.4. The minimum absolute atomic E-state index is 1.94. The number of carbonyl (C=O) groups is 2. The van der Waals surface area contributed by atoms with Gasteiger partial charge in [-0.05, 0) is 0 Å². The zero-order valence-electron chi connectivity index (χ0n) is 4.42. The van der Waals surface area contributed by atoms with Gasteiger partial charge in [-0.15, -0.1) is 0 Å². The minimum atomic E-state index is -5.83. The number of aliphatic carboxylic acids is 1. The van der Waals surface area contributed by atoms with Crippen molar-refractivity contribution in [2.24, 2.45) is 0 Å².